The van der Waals surface area contributed by atoms with Crippen LogP contribution in [-0.2, 0) is 0 Å². The third kappa shape index (κ3) is 3.37. The number of pyridine rings is 1. The summed E-state index contributed by atoms with van der Waals surface area (Å²) in [4.78, 5) is 9.58. The average Bonchev–Trinajstić information content (AvgIpc) is 2.90. The zero-order valence-corrected chi connectivity index (χ0v) is 13.0. The number of rotatable bonds is 6. The standard InChI is InChI=1S/C16H28N4/c1-4-19(5-2)14-9-11-20(12-14)16(13(3)17)15-8-6-7-10-18-15/h6-8,10,13-14,16H,4-5,9,11-12,17H2,1-3H3. The highest BCUT2D eigenvalue weighted by atomic mass is 15.3. The highest BCUT2D eigenvalue weighted by Crippen LogP contribution is 2.27. The molecule has 20 heavy (non-hydrogen) atoms. The fourth-order valence-corrected chi connectivity index (χ4v) is 3.40. The third-order valence-corrected chi connectivity index (χ3v) is 4.41. The Kier molecular flexibility index (Phi) is 5.52. The van der Waals surface area contributed by atoms with E-state index in [1.54, 1.807) is 0 Å². The summed E-state index contributed by atoms with van der Waals surface area (Å²) in [6, 6.07) is 7.10. The Morgan fingerprint density at radius 2 is 2.15 bits per heavy atom. The smallest absolute Gasteiger partial charge is 0.0671 e. The highest BCUT2D eigenvalue weighted by molar-refractivity contribution is 5.12. The van der Waals surface area contributed by atoms with Crippen molar-refractivity contribution in [3.8, 4) is 0 Å². The zero-order valence-electron chi connectivity index (χ0n) is 13.0. The molecule has 1 fully saturated rings. The Bertz CT molecular complexity index is 389. The van der Waals surface area contributed by atoms with Gasteiger partial charge in [0.05, 0.1) is 11.7 Å². The molecule has 4 nitrogen and oxygen atoms in total. The van der Waals surface area contributed by atoms with Crippen LogP contribution >= 0.6 is 0 Å². The van der Waals surface area contributed by atoms with Crippen molar-refractivity contribution in [1.29, 1.82) is 0 Å². The summed E-state index contributed by atoms with van der Waals surface area (Å²) >= 11 is 0. The van der Waals surface area contributed by atoms with Crippen LogP contribution in [0.3, 0.4) is 0 Å². The molecule has 1 saturated heterocycles. The van der Waals surface area contributed by atoms with Crippen LogP contribution in [0.1, 0.15) is 38.9 Å². The maximum atomic E-state index is 6.24. The number of nitrogens with zero attached hydrogens (tertiary/aromatic N) is 3. The number of hydrogen-bond acceptors (Lipinski definition) is 4. The van der Waals surface area contributed by atoms with Crippen molar-refractivity contribution < 1.29 is 0 Å². The van der Waals surface area contributed by atoms with E-state index < -0.39 is 0 Å². The van der Waals surface area contributed by atoms with Gasteiger partial charge >= 0.3 is 0 Å². The molecule has 0 aliphatic carbocycles. The molecule has 0 amide bonds. The number of likely N-dealkylation sites (N-methyl/N-ethyl adjacent to an activating group) is 1. The molecule has 2 heterocycles. The summed E-state index contributed by atoms with van der Waals surface area (Å²) in [6.07, 6.45) is 3.10. The van der Waals surface area contributed by atoms with Gasteiger partial charge in [0, 0.05) is 31.4 Å². The average molecular weight is 276 g/mol. The third-order valence-electron chi connectivity index (χ3n) is 4.41. The van der Waals surface area contributed by atoms with Crippen LogP contribution < -0.4 is 5.73 Å². The predicted octanol–water partition coefficient (Wildman–Crippen LogP) is 1.89. The van der Waals surface area contributed by atoms with Crippen molar-refractivity contribution in [3.63, 3.8) is 0 Å². The number of likely N-dealkylation sites (tertiary alicyclic amines) is 1. The first kappa shape index (κ1) is 15.4. The number of nitrogens with two attached hydrogens (primary N) is 1. The van der Waals surface area contributed by atoms with Gasteiger partial charge in [-0.15, -0.1) is 0 Å². The van der Waals surface area contributed by atoms with E-state index in [4.69, 9.17) is 5.73 Å². The summed E-state index contributed by atoms with van der Waals surface area (Å²) in [5.41, 5.74) is 7.34. The summed E-state index contributed by atoms with van der Waals surface area (Å²) in [7, 11) is 0. The van der Waals surface area contributed by atoms with Gasteiger partial charge in [0.15, 0.2) is 0 Å². The molecule has 2 rings (SSSR count). The molecular weight excluding hydrogens is 248 g/mol. The molecule has 0 aromatic carbocycles. The molecule has 112 valence electrons. The fraction of sp³-hybridized carbons (Fsp3) is 0.688. The van der Waals surface area contributed by atoms with E-state index in [0.717, 1.165) is 31.9 Å². The van der Waals surface area contributed by atoms with Crippen LogP contribution in [0.4, 0.5) is 0 Å². The monoisotopic (exact) mass is 276 g/mol. The highest BCUT2D eigenvalue weighted by Gasteiger charge is 2.33. The molecule has 0 bridgehead atoms. The molecule has 1 aromatic heterocycles. The van der Waals surface area contributed by atoms with Gasteiger partial charge in [-0.3, -0.25) is 14.8 Å². The van der Waals surface area contributed by atoms with Crippen molar-refractivity contribution >= 4 is 0 Å². The van der Waals surface area contributed by atoms with Crippen LogP contribution in [0, 0.1) is 0 Å². The normalized spacial score (nSPS) is 23.1. The second-order valence-electron chi connectivity index (χ2n) is 5.72. The predicted molar refractivity (Wildman–Crippen MR) is 83.5 cm³/mol. The summed E-state index contributed by atoms with van der Waals surface area (Å²) in [5.74, 6) is 0. The SMILES string of the molecule is CCN(CC)C1CCN(C(c2ccccn2)C(C)N)C1. The van der Waals surface area contributed by atoms with Gasteiger partial charge in [0.1, 0.15) is 0 Å². The lowest BCUT2D eigenvalue weighted by Gasteiger charge is -2.32. The lowest BCUT2D eigenvalue weighted by Crippen LogP contribution is -2.42. The molecule has 3 atom stereocenters. The Hall–Kier alpha value is -0.970. The van der Waals surface area contributed by atoms with Crippen molar-refractivity contribution in [1.82, 2.24) is 14.8 Å². The Labute approximate surface area is 123 Å². The molecule has 0 saturated carbocycles. The molecule has 1 aromatic rings. The first-order valence-corrected chi connectivity index (χ1v) is 7.82. The van der Waals surface area contributed by atoms with E-state index in [0.29, 0.717) is 6.04 Å². The summed E-state index contributed by atoms with van der Waals surface area (Å²) < 4.78 is 0. The van der Waals surface area contributed by atoms with E-state index in [1.807, 2.05) is 12.3 Å². The molecule has 2 N–H and O–H groups in total. The van der Waals surface area contributed by atoms with Crippen LogP contribution in [-0.4, -0.2) is 53.0 Å². The molecular formula is C16H28N4. The van der Waals surface area contributed by atoms with E-state index in [-0.39, 0.29) is 12.1 Å². The lowest BCUT2D eigenvalue weighted by atomic mass is 10.0. The molecule has 0 radical (unpaired) electrons. The van der Waals surface area contributed by atoms with E-state index >= 15 is 0 Å². The summed E-state index contributed by atoms with van der Waals surface area (Å²) in [6.45, 7) is 11.0. The quantitative estimate of drug-likeness (QED) is 0.862. The maximum Gasteiger partial charge on any atom is 0.0671 e. The van der Waals surface area contributed by atoms with Gasteiger partial charge in [-0.2, -0.15) is 0 Å². The van der Waals surface area contributed by atoms with Crippen LogP contribution in [0.2, 0.25) is 0 Å². The largest absolute Gasteiger partial charge is 0.326 e. The van der Waals surface area contributed by atoms with Gasteiger partial charge in [-0.1, -0.05) is 19.9 Å². The van der Waals surface area contributed by atoms with E-state index in [2.05, 4.69) is 47.7 Å². The van der Waals surface area contributed by atoms with Gasteiger partial charge < -0.3 is 5.73 Å². The molecule has 3 unspecified atom stereocenters. The first-order valence-electron chi connectivity index (χ1n) is 7.82. The minimum absolute atomic E-state index is 0.0975. The maximum absolute atomic E-state index is 6.24. The van der Waals surface area contributed by atoms with Crippen molar-refractivity contribution in [3.05, 3.63) is 30.1 Å². The topological polar surface area (TPSA) is 45.4 Å². The van der Waals surface area contributed by atoms with Crippen LogP contribution in [0.25, 0.3) is 0 Å². The summed E-state index contributed by atoms with van der Waals surface area (Å²) in [5, 5.41) is 0. The molecule has 4 heteroatoms. The van der Waals surface area contributed by atoms with Gasteiger partial charge in [0.25, 0.3) is 0 Å². The number of hydrogen-bond donors (Lipinski definition) is 1. The van der Waals surface area contributed by atoms with Crippen molar-refractivity contribution in [2.45, 2.75) is 45.3 Å². The second-order valence-corrected chi connectivity index (χ2v) is 5.72. The van der Waals surface area contributed by atoms with Crippen molar-refractivity contribution in [2.24, 2.45) is 5.73 Å². The Balaban J connectivity index is 2.09. The van der Waals surface area contributed by atoms with Gasteiger partial charge in [-0.05, 0) is 38.6 Å². The minimum atomic E-state index is 0.0975. The molecule has 1 aliphatic heterocycles. The van der Waals surface area contributed by atoms with Gasteiger partial charge in [-0.25, -0.2) is 0 Å². The van der Waals surface area contributed by atoms with E-state index in [1.165, 1.54) is 6.42 Å². The Morgan fingerprint density at radius 1 is 1.40 bits per heavy atom. The fourth-order valence-electron chi connectivity index (χ4n) is 3.40. The minimum Gasteiger partial charge on any atom is -0.326 e. The van der Waals surface area contributed by atoms with Crippen LogP contribution in [0.5, 0.6) is 0 Å². The first-order chi connectivity index (χ1) is 9.67. The molecule has 0 spiro atoms. The van der Waals surface area contributed by atoms with Crippen LogP contribution in [0.15, 0.2) is 24.4 Å². The van der Waals surface area contributed by atoms with Crippen molar-refractivity contribution in [2.75, 3.05) is 26.2 Å². The Morgan fingerprint density at radius 3 is 2.70 bits per heavy atom. The lowest BCUT2D eigenvalue weighted by molar-refractivity contribution is 0.174. The van der Waals surface area contributed by atoms with Gasteiger partial charge in [0.2, 0.25) is 0 Å². The zero-order chi connectivity index (χ0) is 14.5. The molecule has 1 aliphatic rings. The second kappa shape index (κ2) is 7.16. The number of aromatic nitrogens is 1. The van der Waals surface area contributed by atoms with E-state index in [9.17, 15) is 0 Å².